The van der Waals surface area contributed by atoms with Crippen LogP contribution < -0.4 is 5.32 Å². The van der Waals surface area contributed by atoms with Gasteiger partial charge >= 0.3 is 5.97 Å². The molecule has 0 aliphatic rings. The summed E-state index contributed by atoms with van der Waals surface area (Å²) in [5, 5.41) is 5.06. The highest BCUT2D eigenvalue weighted by Crippen LogP contribution is 2.35. The van der Waals surface area contributed by atoms with Crippen molar-refractivity contribution in [3.8, 4) is 0 Å². The van der Waals surface area contributed by atoms with Crippen molar-refractivity contribution in [1.82, 2.24) is 0 Å². The van der Waals surface area contributed by atoms with E-state index in [1.54, 1.807) is 36.4 Å². The number of carbonyl (C=O) groups excluding carboxylic acids is 2. The van der Waals surface area contributed by atoms with Gasteiger partial charge in [-0.3, -0.25) is 4.79 Å². The summed E-state index contributed by atoms with van der Waals surface area (Å²) in [6.07, 6.45) is 0. The first-order valence-electron chi connectivity index (χ1n) is 7.83. The number of hydrogen-bond acceptors (Lipinski definition) is 4. The minimum atomic E-state index is -0.486. The van der Waals surface area contributed by atoms with Crippen LogP contribution in [-0.4, -0.2) is 25.4 Å². The quantitative estimate of drug-likeness (QED) is 0.481. The largest absolute Gasteiger partial charge is 0.465 e. The number of rotatable bonds is 5. The van der Waals surface area contributed by atoms with Crippen LogP contribution in [0.4, 0.5) is 5.69 Å². The smallest absolute Gasteiger partial charge is 0.338 e. The van der Waals surface area contributed by atoms with Crippen LogP contribution in [0.1, 0.15) is 20.7 Å². The molecule has 132 valence electrons. The van der Waals surface area contributed by atoms with Gasteiger partial charge < -0.3 is 10.1 Å². The number of hydrogen-bond donors (Lipinski definition) is 1. The number of ketones is 1. The predicted molar refractivity (Wildman–Crippen MR) is 105 cm³/mol. The molecular weight excluding hydrogens is 373 g/mol. The van der Waals surface area contributed by atoms with E-state index >= 15 is 0 Å². The van der Waals surface area contributed by atoms with Gasteiger partial charge in [0.1, 0.15) is 0 Å². The minimum absolute atomic E-state index is 0.0547. The summed E-state index contributed by atoms with van der Waals surface area (Å²) >= 11 is 12.5. The van der Waals surface area contributed by atoms with Crippen molar-refractivity contribution >= 4 is 51.4 Å². The van der Waals surface area contributed by atoms with Gasteiger partial charge in [0.2, 0.25) is 0 Å². The molecule has 3 rings (SSSR count). The zero-order valence-corrected chi connectivity index (χ0v) is 15.4. The molecule has 0 amide bonds. The van der Waals surface area contributed by atoms with E-state index in [2.05, 4.69) is 5.32 Å². The summed E-state index contributed by atoms with van der Waals surface area (Å²) in [6, 6.07) is 15.6. The Morgan fingerprint density at radius 2 is 1.77 bits per heavy atom. The number of benzene rings is 3. The maximum Gasteiger partial charge on any atom is 0.338 e. The van der Waals surface area contributed by atoms with E-state index in [4.69, 9.17) is 27.9 Å². The molecule has 0 aliphatic heterocycles. The topological polar surface area (TPSA) is 55.4 Å². The van der Waals surface area contributed by atoms with Gasteiger partial charge in [0.25, 0.3) is 0 Å². The van der Waals surface area contributed by atoms with Crippen molar-refractivity contribution in [2.75, 3.05) is 19.0 Å². The molecule has 1 N–H and O–H groups in total. The van der Waals surface area contributed by atoms with E-state index in [0.717, 1.165) is 0 Å². The van der Waals surface area contributed by atoms with E-state index in [0.29, 0.717) is 37.6 Å². The molecule has 0 saturated carbocycles. The van der Waals surface area contributed by atoms with Gasteiger partial charge in [-0.2, -0.15) is 0 Å². The SMILES string of the molecule is COC(=O)c1ccc(NCC(=O)c2ccccc2)c2c(Cl)cc(Cl)cc12. The fourth-order valence-corrected chi connectivity index (χ4v) is 3.33. The number of ether oxygens (including phenoxy) is 1. The van der Waals surface area contributed by atoms with E-state index in [9.17, 15) is 9.59 Å². The van der Waals surface area contributed by atoms with Gasteiger partial charge in [0.15, 0.2) is 5.78 Å². The van der Waals surface area contributed by atoms with Crippen LogP contribution in [0.5, 0.6) is 0 Å². The first kappa shape index (κ1) is 18.2. The van der Waals surface area contributed by atoms with E-state index in [1.807, 2.05) is 18.2 Å². The van der Waals surface area contributed by atoms with Gasteiger partial charge in [-0.25, -0.2) is 4.79 Å². The molecule has 0 aromatic heterocycles. The summed E-state index contributed by atoms with van der Waals surface area (Å²) in [6.45, 7) is 0.0929. The standard InChI is InChI=1S/C20H15Cl2NO3/c1-26-20(25)14-7-8-17(19-15(14)9-13(21)10-16(19)22)23-11-18(24)12-5-3-2-4-6-12/h2-10,23H,11H2,1H3. The summed E-state index contributed by atoms with van der Waals surface area (Å²) in [5.41, 5.74) is 1.61. The fraction of sp³-hybridized carbons (Fsp3) is 0.100. The van der Waals surface area contributed by atoms with Crippen LogP contribution in [0.25, 0.3) is 10.8 Å². The highest BCUT2D eigenvalue weighted by Gasteiger charge is 2.16. The third-order valence-electron chi connectivity index (χ3n) is 3.97. The number of esters is 1. The first-order valence-corrected chi connectivity index (χ1v) is 8.59. The average Bonchev–Trinajstić information content (AvgIpc) is 2.65. The second-order valence-electron chi connectivity index (χ2n) is 5.61. The lowest BCUT2D eigenvalue weighted by molar-refractivity contribution is 0.0603. The minimum Gasteiger partial charge on any atom is -0.465 e. The van der Waals surface area contributed by atoms with Crippen molar-refractivity contribution in [3.63, 3.8) is 0 Å². The summed E-state index contributed by atoms with van der Waals surface area (Å²) in [5.74, 6) is -0.541. The monoisotopic (exact) mass is 387 g/mol. The molecule has 0 bridgehead atoms. The van der Waals surface area contributed by atoms with E-state index < -0.39 is 5.97 Å². The molecule has 0 fully saturated rings. The number of methoxy groups -OCH3 is 1. The van der Waals surface area contributed by atoms with Gasteiger partial charge in [0, 0.05) is 27.0 Å². The summed E-state index contributed by atoms with van der Waals surface area (Å²) < 4.78 is 4.82. The first-order chi connectivity index (χ1) is 12.5. The predicted octanol–water partition coefficient (Wildman–Crippen LogP) is 5.23. The Bertz CT molecular complexity index is 987. The molecule has 0 atom stereocenters. The van der Waals surface area contributed by atoms with Crippen molar-refractivity contribution in [3.05, 3.63) is 75.8 Å². The zero-order chi connectivity index (χ0) is 18.7. The molecule has 0 aliphatic carbocycles. The van der Waals surface area contributed by atoms with Gasteiger partial charge in [-0.05, 0) is 24.3 Å². The molecule has 0 saturated heterocycles. The number of Topliss-reactive ketones (excluding diaryl/α,β-unsaturated/α-hetero) is 1. The molecule has 3 aromatic rings. The molecule has 0 heterocycles. The zero-order valence-electron chi connectivity index (χ0n) is 13.9. The normalized spacial score (nSPS) is 10.6. The fourth-order valence-electron chi connectivity index (χ4n) is 2.74. The molecule has 0 radical (unpaired) electrons. The number of fused-ring (bicyclic) bond motifs is 1. The lowest BCUT2D eigenvalue weighted by atomic mass is 10.0. The summed E-state index contributed by atoms with van der Waals surface area (Å²) in [4.78, 5) is 24.4. The van der Waals surface area contributed by atoms with Crippen LogP contribution in [0.2, 0.25) is 10.0 Å². The molecule has 3 aromatic carbocycles. The van der Waals surface area contributed by atoms with Crippen molar-refractivity contribution < 1.29 is 14.3 Å². The Morgan fingerprint density at radius 3 is 2.46 bits per heavy atom. The second-order valence-corrected chi connectivity index (χ2v) is 6.45. The van der Waals surface area contributed by atoms with Crippen LogP contribution in [0.3, 0.4) is 0 Å². The molecule has 0 unspecified atom stereocenters. The maximum atomic E-state index is 12.3. The van der Waals surface area contributed by atoms with Gasteiger partial charge in [-0.15, -0.1) is 0 Å². The number of anilines is 1. The third kappa shape index (κ3) is 3.66. The summed E-state index contributed by atoms with van der Waals surface area (Å²) in [7, 11) is 1.31. The third-order valence-corrected chi connectivity index (χ3v) is 4.49. The number of nitrogens with one attached hydrogen (secondary N) is 1. The Morgan fingerprint density at radius 1 is 1.04 bits per heavy atom. The second kappa shape index (κ2) is 7.77. The van der Waals surface area contributed by atoms with Crippen LogP contribution in [-0.2, 0) is 4.74 Å². The van der Waals surface area contributed by atoms with Crippen molar-refractivity contribution in [2.24, 2.45) is 0 Å². The van der Waals surface area contributed by atoms with Crippen LogP contribution in [0.15, 0.2) is 54.6 Å². The van der Waals surface area contributed by atoms with Crippen LogP contribution >= 0.6 is 23.2 Å². The molecule has 6 heteroatoms. The Kier molecular flexibility index (Phi) is 5.45. The highest BCUT2D eigenvalue weighted by molar-refractivity contribution is 6.40. The van der Waals surface area contributed by atoms with Crippen molar-refractivity contribution in [2.45, 2.75) is 0 Å². The van der Waals surface area contributed by atoms with Crippen LogP contribution in [0, 0.1) is 0 Å². The Labute approximate surface area is 160 Å². The molecule has 4 nitrogen and oxygen atoms in total. The average molecular weight is 388 g/mol. The lowest BCUT2D eigenvalue weighted by Crippen LogP contribution is -2.14. The molecule has 0 spiro atoms. The van der Waals surface area contributed by atoms with Crippen molar-refractivity contribution in [1.29, 1.82) is 0 Å². The Hall–Kier alpha value is -2.56. The maximum absolute atomic E-state index is 12.3. The lowest BCUT2D eigenvalue weighted by Gasteiger charge is -2.14. The molecular formula is C20H15Cl2NO3. The van der Waals surface area contributed by atoms with Gasteiger partial charge in [-0.1, -0.05) is 53.5 Å². The number of halogens is 2. The van der Waals surface area contributed by atoms with E-state index in [-0.39, 0.29) is 12.3 Å². The van der Waals surface area contributed by atoms with E-state index in [1.165, 1.54) is 7.11 Å². The highest BCUT2D eigenvalue weighted by atomic mass is 35.5. The Balaban J connectivity index is 1.99. The number of carbonyl (C=O) groups is 2. The molecule has 26 heavy (non-hydrogen) atoms. The van der Waals surface area contributed by atoms with Gasteiger partial charge in [0.05, 0.1) is 24.2 Å².